The van der Waals surface area contributed by atoms with Gasteiger partial charge in [0, 0.05) is 5.69 Å². The van der Waals surface area contributed by atoms with Crippen LogP contribution in [0.3, 0.4) is 0 Å². The molecular weight excluding hydrogens is 272 g/mol. The number of allylic oxidation sites excluding steroid dienone is 2. The number of carbonyl (C=O) groups excluding carboxylic acids is 1. The van der Waals surface area contributed by atoms with Crippen LogP contribution < -0.4 is 5.32 Å². The molecule has 1 aromatic carbocycles. The van der Waals surface area contributed by atoms with Crippen molar-refractivity contribution in [3.8, 4) is 6.07 Å². The van der Waals surface area contributed by atoms with E-state index in [2.05, 4.69) is 30.5 Å². The van der Waals surface area contributed by atoms with Crippen LogP contribution in [-0.2, 0) is 10.2 Å². The Bertz CT molecular complexity index is 585. The van der Waals surface area contributed by atoms with Crippen LogP contribution in [0.4, 0.5) is 5.69 Å². The van der Waals surface area contributed by atoms with Gasteiger partial charge < -0.3 is 5.32 Å². The highest BCUT2D eigenvalue weighted by Gasteiger charge is 2.45. The molecule has 1 amide bonds. The van der Waals surface area contributed by atoms with Gasteiger partial charge >= 0.3 is 0 Å². The summed E-state index contributed by atoms with van der Waals surface area (Å²) in [6.07, 6.45) is 11.1. The third kappa shape index (κ3) is 3.39. The average molecular weight is 296 g/mol. The monoisotopic (exact) mass is 296 g/mol. The topological polar surface area (TPSA) is 52.9 Å². The molecule has 1 heterocycles. The first-order valence-corrected chi connectivity index (χ1v) is 8.17. The smallest absolute Gasteiger partial charge is 0.236 e. The van der Waals surface area contributed by atoms with E-state index in [-0.39, 0.29) is 12.3 Å². The van der Waals surface area contributed by atoms with E-state index in [9.17, 15) is 10.1 Å². The number of nitriles is 1. The Balaban J connectivity index is 2.05. The quantitative estimate of drug-likeness (QED) is 0.558. The molecule has 0 unspecified atom stereocenters. The van der Waals surface area contributed by atoms with Crippen LogP contribution in [0.1, 0.15) is 57.4 Å². The zero-order valence-electron chi connectivity index (χ0n) is 13.3. The first-order valence-electron chi connectivity index (χ1n) is 8.17. The maximum absolute atomic E-state index is 12.5. The van der Waals surface area contributed by atoms with Crippen LogP contribution in [0.15, 0.2) is 36.4 Å². The number of carbonyl (C=O) groups is 1. The van der Waals surface area contributed by atoms with E-state index < -0.39 is 5.41 Å². The summed E-state index contributed by atoms with van der Waals surface area (Å²) in [5.74, 6) is -0.0501. The fourth-order valence-electron chi connectivity index (χ4n) is 3.05. The Morgan fingerprint density at radius 2 is 2.05 bits per heavy atom. The van der Waals surface area contributed by atoms with Gasteiger partial charge in [-0.05, 0) is 30.9 Å². The van der Waals surface area contributed by atoms with Crippen molar-refractivity contribution >= 4 is 11.6 Å². The van der Waals surface area contributed by atoms with E-state index in [1.807, 2.05) is 24.3 Å². The van der Waals surface area contributed by atoms with Gasteiger partial charge in [-0.15, -0.1) is 0 Å². The molecule has 3 nitrogen and oxygen atoms in total. The van der Waals surface area contributed by atoms with Crippen molar-refractivity contribution in [3.63, 3.8) is 0 Å². The Hall–Kier alpha value is -2.08. The number of rotatable bonds is 8. The molecule has 0 saturated heterocycles. The normalized spacial score (nSPS) is 19.9. The van der Waals surface area contributed by atoms with E-state index in [0.29, 0.717) is 6.42 Å². The lowest BCUT2D eigenvalue weighted by Crippen LogP contribution is -2.33. The second-order valence-corrected chi connectivity index (χ2v) is 5.94. The van der Waals surface area contributed by atoms with Gasteiger partial charge in [-0.2, -0.15) is 5.26 Å². The van der Waals surface area contributed by atoms with Gasteiger partial charge in [-0.25, -0.2) is 0 Å². The Morgan fingerprint density at radius 1 is 1.23 bits per heavy atom. The van der Waals surface area contributed by atoms with Gasteiger partial charge in [0.05, 0.1) is 17.9 Å². The number of anilines is 1. The Labute approximate surface area is 133 Å². The molecule has 1 N–H and O–H groups in total. The fraction of sp³-hybridized carbons (Fsp3) is 0.474. The highest BCUT2D eigenvalue weighted by atomic mass is 16.2. The van der Waals surface area contributed by atoms with Crippen LogP contribution in [0, 0.1) is 11.3 Å². The van der Waals surface area contributed by atoms with Crippen LogP contribution in [-0.4, -0.2) is 5.91 Å². The molecule has 0 fully saturated rings. The van der Waals surface area contributed by atoms with Gasteiger partial charge in [0.1, 0.15) is 0 Å². The number of amides is 1. The second-order valence-electron chi connectivity index (χ2n) is 5.94. The van der Waals surface area contributed by atoms with Gasteiger partial charge in [0.25, 0.3) is 0 Å². The number of nitrogens with zero attached hydrogens (tertiary/aromatic N) is 1. The van der Waals surface area contributed by atoms with Crippen molar-refractivity contribution in [1.82, 2.24) is 0 Å². The minimum Gasteiger partial charge on any atom is -0.325 e. The lowest BCUT2D eigenvalue weighted by molar-refractivity contribution is -0.120. The van der Waals surface area contributed by atoms with Crippen LogP contribution in [0.25, 0.3) is 0 Å². The molecule has 0 aliphatic carbocycles. The first-order chi connectivity index (χ1) is 10.7. The predicted molar refractivity (Wildman–Crippen MR) is 89.5 cm³/mol. The zero-order valence-corrected chi connectivity index (χ0v) is 13.3. The number of unbranched alkanes of at least 4 members (excludes halogenated alkanes) is 4. The maximum atomic E-state index is 12.5. The molecule has 1 aliphatic heterocycles. The standard InChI is InChI=1S/C19H24N2O/c1-2-3-4-5-6-7-10-13-19(14-15-20)16-11-8-9-12-17(16)21-18(19)22/h7-12H,2-6,13-14H2,1H3,(H,21,22)/b10-7+/t19-/m0/s1. The van der Waals surface area contributed by atoms with Crippen molar-refractivity contribution in [2.24, 2.45) is 0 Å². The minimum absolute atomic E-state index is 0.0501. The van der Waals surface area contributed by atoms with Crippen LogP contribution in [0.2, 0.25) is 0 Å². The van der Waals surface area contributed by atoms with E-state index in [1.54, 1.807) is 0 Å². The summed E-state index contributed by atoms with van der Waals surface area (Å²) < 4.78 is 0. The minimum atomic E-state index is -0.717. The molecule has 1 atom stereocenters. The number of hydrogen-bond acceptors (Lipinski definition) is 2. The fourth-order valence-corrected chi connectivity index (χ4v) is 3.05. The number of para-hydroxylation sites is 1. The van der Waals surface area contributed by atoms with E-state index in [1.165, 1.54) is 25.7 Å². The molecule has 0 bridgehead atoms. The van der Waals surface area contributed by atoms with Gasteiger partial charge in [0.15, 0.2) is 0 Å². The number of benzene rings is 1. The number of fused-ring (bicyclic) bond motifs is 1. The number of nitrogens with one attached hydrogen (secondary N) is 1. The highest BCUT2D eigenvalue weighted by molar-refractivity contribution is 6.06. The maximum Gasteiger partial charge on any atom is 0.236 e. The molecule has 0 spiro atoms. The SMILES string of the molecule is CCCCCC/C=C/C[C@@]1(CC#N)C(=O)Nc2ccccc21. The lowest BCUT2D eigenvalue weighted by Gasteiger charge is -2.22. The van der Waals surface area contributed by atoms with Crippen molar-refractivity contribution in [1.29, 1.82) is 5.26 Å². The first kappa shape index (κ1) is 16.3. The Morgan fingerprint density at radius 3 is 2.82 bits per heavy atom. The third-order valence-electron chi connectivity index (χ3n) is 4.36. The summed E-state index contributed by atoms with van der Waals surface area (Å²) in [6.45, 7) is 2.21. The summed E-state index contributed by atoms with van der Waals surface area (Å²) in [5.41, 5.74) is 1.09. The predicted octanol–water partition coefficient (Wildman–Crippen LogP) is 4.71. The van der Waals surface area contributed by atoms with Gasteiger partial charge in [-0.1, -0.05) is 56.5 Å². The summed E-state index contributed by atoms with van der Waals surface area (Å²) in [7, 11) is 0. The summed E-state index contributed by atoms with van der Waals surface area (Å²) >= 11 is 0. The number of hydrogen-bond donors (Lipinski definition) is 1. The van der Waals surface area contributed by atoms with E-state index in [4.69, 9.17) is 0 Å². The molecule has 1 aromatic rings. The molecule has 3 heteroatoms. The highest BCUT2D eigenvalue weighted by Crippen LogP contribution is 2.42. The van der Waals surface area contributed by atoms with Crippen molar-refractivity contribution < 1.29 is 4.79 Å². The molecular formula is C19H24N2O. The van der Waals surface area contributed by atoms with Gasteiger partial charge in [0.2, 0.25) is 5.91 Å². The van der Waals surface area contributed by atoms with Crippen molar-refractivity contribution in [3.05, 3.63) is 42.0 Å². The molecule has 2 rings (SSSR count). The van der Waals surface area contributed by atoms with E-state index >= 15 is 0 Å². The Kier molecular flexibility index (Phi) is 5.77. The van der Waals surface area contributed by atoms with Crippen LogP contribution >= 0.6 is 0 Å². The third-order valence-corrected chi connectivity index (χ3v) is 4.36. The zero-order chi connectivity index (χ0) is 15.8. The largest absolute Gasteiger partial charge is 0.325 e. The molecule has 116 valence electrons. The molecule has 0 radical (unpaired) electrons. The van der Waals surface area contributed by atoms with Crippen LogP contribution in [0.5, 0.6) is 0 Å². The molecule has 0 aromatic heterocycles. The molecule has 1 aliphatic rings. The summed E-state index contributed by atoms with van der Waals surface area (Å²) in [4.78, 5) is 12.5. The summed E-state index contributed by atoms with van der Waals surface area (Å²) in [5, 5.41) is 12.1. The van der Waals surface area contributed by atoms with E-state index in [0.717, 1.165) is 17.7 Å². The second kappa shape index (κ2) is 7.79. The van der Waals surface area contributed by atoms with Gasteiger partial charge in [-0.3, -0.25) is 4.79 Å². The molecule has 0 saturated carbocycles. The average Bonchev–Trinajstić information content (AvgIpc) is 2.80. The van der Waals surface area contributed by atoms with Crippen molar-refractivity contribution in [2.45, 2.75) is 57.3 Å². The van der Waals surface area contributed by atoms with Crippen molar-refractivity contribution in [2.75, 3.05) is 5.32 Å². The molecule has 22 heavy (non-hydrogen) atoms. The lowest BCUT2D eigenvalue weighted by atomic mass is 9.76. The summed E-state index contributed by atoms with van der Waals surface area (Å²) in [6, 6.07) is 9.90.